The third-order valence-corrected chi connectivity index (χ3v) is 5.19. The normalized spacial score (nSPS) is 17.2. The highest BCUT2D eigenvalue weighted by molar-refractivity contribution is 7.09. The van der Waals surface area contributed by atoms with Gasteiger partial charge in [-0.25, -0.2) is 14.5 Å². The lowest BCUT2D eigenvalue weighted by Crippen LogP contribution is -2.45. The van der Waals surface area contributed by atoms with E-state index in [0.717, 1.165) is 38.9 Å². The van der Waals surface area contributed by atoms with E-state index < -0.39 is 0 Å². The average Bonchev–Trinajstić information content (AvgIpc) is 3.26. The van der Waals surface area contributed by atoms with Crippen LogP contribution >= 0.6 is 11.3 Å². The molecule has 0 radical (unpaired) electrons. The van der Waals surface area contributed by atoms with E-state index in [1.165, 1.54) is 4.88 Å². The van der Waals surface area contributed by atoms with Crippen molar-refractivity contribution in [3.05, 3.63) is 35.0 Å². The van der Waals surface area contributed by atoms with Gasteiger partial charge in [-0.15, -0.1) is 11.3 Å². The number of aromatic nitrogens is 3. The summed E-state index contributed by atoms with van der Waals surface area (Å²) in [5.41, 5.74) is 0. The summed E-state index contributed by atoms with van der Waals surface area (Å²) in [5.74, 6) is 0.449. The summed E-state index contributed by atoms with van der Waals surface area (Å²) >= 11 is 1.78. The first kappa shape index (κ1) is 16.0. The molecule has 0 saturated carbocycles. The molecule has 0 spiro atoms. The van der Waals surface area contributed by atoms with Crippen molar-refractivity contribution in [3.63, 3.8) is 0 Å². The second-order valence-electron chi connectivity index (χ2n) is 6.17. The van der Waals surface area contributed by atoms with Gasteiger partial charge in [-0.05, 0) is 36.6 Å². The van der Waals surface area contributed by atoms with E-state index in [9.17, 15) is 4.79 Å². The molecule has 2 aromatic rings. The maximum Gasteiger partial charge on any atom is 0.317 e. The van der Waals surface area contributed by atoms with Crippen LogP contribution in [0.5, 0.6) is 0 Å². The van der Waals surface area contributed by atoms with Crippen LogP contribution in [-0.2, 0) is 6.42 Å². The molecule has 1 aliphatic heterocycles. The van der Waals surface area contributed by atoms with Crippen LogP contribution in [0.4, 0.5) is 4.79 Å². The Morgan fingerprint density at radius 3 is 2.96 bits per heavy atom. The lowest BCUT2D eigenvalue weighted by atomic mass is 10.1. The highest BCUT2D eigenvalue weighted by atomic mass is 32.1. The molecule has 2 amide bonds. The van der Waals surface area contributed by atoms with Gasteiger partial charge in [0.25, 0.3) is 0 Å². The number of nitrogens with zero attached hydrogens (tertiary/aromatic N) is 4. The van der Waals surface area contributed by atoms with Crippen LogP contribution in [-0.4, -0.2) is 45.3 Å². The van der Waals surface area contributed by atoms with Crippen LogP contribution in [0.2, 0.25) is 0 Å². The molecule has 0 bridgehead atoms. The summed E-state index contributed by atoms with van der Waals surface area (Å²) in [6.07, 6.45) is 6.20. The second-order valence-corrected chi connectivity index (χ2v) is 7.20. The Hall–Kier alpha value is -1.89. The molecule has 1 fully saturated rings. The molecule has 2 aromatic heterocycles. The van der Waals surface area contributed by atoms with E-state index in [-0.39, 0.29) is 6.03 Å². The molecule has 0 aliphatic carbocycles. The third kappa shape index (κ3) is 4.31. The molecule has 3 rings (SSSR count). The van der Waals surface area contributed by atoms with Crippen molar-refractivity contribution in [1.29, 1.82) is 0 Å². The second kappa shape index (κ2) is 7.59. The van der Waals surface area contributed by atoms with Gasteiger partial charge < -0.3 is 10.2 Å². The van der Waals surface area contributed by atoms with E-state index in [0.29, 0.717) is 12.0 Å². The quantitative estimate of drug-likeness (QED) is 0.915. The Kier molecular flexibility index (Phi) is 5.27. The van der Waals surface area contributed by atoms with Gasteiger partial charge in [0, 0.05) is 24.5 Å². The number of piperidine rings is 1. The molecule has 23 heavy (non-hydrogen) atoms. The SMILES string of the molecule is C[C@@H](CNC(=O)N1CCC(n2cncn2)CC1)Cc1cccs1. The highest BCUT2D eigenvalue weighted by Gasteiger charge is 2.24. The first-order chi connectivity index (χ1) is 11.2. The van der Waals surface area contributed by atoms with Gasteiger partial charge in [-0.1, -0.05) is 13.0 Å². The standard InChI is InChI=1S/C16H23N5OS/c1-13(9-15-3-2-8-23-15)10-18-16(22)20-6-4-14(5-7-20)21-12-17-11-19-21/h2-3,8,11-14H,4-7,9-10H2,1H3,(H,18,22)/t13-/m1/s1. The van der Waals surface area contributed by atoms with E-state index in [1.807, 2.05) is 9.58 Å². The predicted octanol–water partition coefficient (Wildman–Crippen LogP) is 2.56. The summed E-state index contributed by atoms with van der Waals surface area (Å²) < 4.78 is 1.90. The molecule has 0 unspecified atom stereocenters. The van der Waals surface area contributed by atoms with Gasteiger partial charge in [0.05, 0.1) is 6.04 Å². The first-order valence-electron chi connectivity index (χ1n) is 8.11. The third-order valence-electron chi connectivity index (χ3n) is 4.29. The van der Waals surface area contributed by atoms with Crippen LogP contribution in [0.1, 0.15) is 30.7 Å². The van der Waals surface area contributed by atoms with Gasteiger partial charge in [0.15, 0.2) is 0 Å². The van der Waals surface area contributed by atoms with E-state index in [2.05, 4.69) is 39.8 Å². The highest BCUT2D eigenvalue weighted by Crippen LogP contribution is 2.21. The fraction of sp³-hybridized carbons (Fsp3) is 0.562. The molecule has 7 heteroatoms. The largest absolute Gasteiger partial charge is 0.338 e. The van der Waals surface area contributed by atoms with Crippen LogP contribution in [0.3, 0.4) is 0 Å². The molecule has 1 N–H and O–H groups in total. The Morgan fingerprint density at radius 2 is 2.30 bits per heavy atom. The molecule has 1 atom stereocenters. The summed E-state index contributed by atoms with van der Waals surface area (Å²) in [6.45, 7) is 4.45. The smallest absolute Gasteiger partial charge is 0.317 e. The number of hydrogen-bond donors (Lipinski definition) is 1. The number of carbonyl (C=O) groups excluding carboxylic acids is 1. The molecule has 6 nitrogen and oxygen atoms in total. The lowest BCUT2D eigenvalue weighted by molar-refractivity contribution is 0.167. The molecule has 1 aliphatic rings. The van der Waals surface area contributed by atoms with Gasteiger partial charge >= 0.3 is 6.03 Å². The summed E-state index contributed by atoms with van der Waals surface area (Å²) in [4.78, 5) is 19.6. The van der Waals surface area contributed by atoms with Crippen LogP contribution in [0.25, 0.3) is 0 Å². The fourth-order valence-corrected chi connectivity index (χ4v) is 3.83. The summed E-state index contributed by atoms with van der Waals surface area (Å²) in [6, 6.07) is 4.64. The number of hydrogen-bond acceptors (Lipinski definition) is 4. The number of rotatable bonds is 5. The van der Waals surface area contributed by atoms with Crippen molar-refractivity contribution in [2.75, 3.05) is 19.6 Å². The number of urea groups is 1. The van der Waals surface area contributed by atoms with Gasteiger partial charge in [0.1, 0.15) is 12.7 Å². The van der Waals surface area contributed by atoms with Crippen molar-refractivity contribution in [2.24, 2.45) is 5.92 Å². The maximum atomic E-state index is 12.3. The monoisotopic (exact) mass is 333 g/mol. The molecular weight excluding hydrogens is 310 g/mol. The minimum Gasteiger partial charge on any atom is -0.338 e. The number of likely N-dealkylation sites (tertiary alicyclic amines) is 1. The van der Waals surface area contributed by atoms with Crippen molar-refractivity contribution < 1.29 is 4.79 Å². The van der Waals surface area contributed by atoms with Gasteiger partial charge in [-0.2, -0.15) is 5.10 Å². The number of nitrogens with one attached hydrogen (secondary N) is 1. The van der Waals surface area contributed by atoms with E-state index >= 15 is 0 Å². The first-order valence-corrected chi connectivity index (χ1v) is 8.99. The van der Waals surface area contributed by atoms with Gasteiger partial charge in [0.2, 0.25) is 0 Å². The molecule has 1 saturated heterocycles. The number of amides is 2. The lowest BCUT2D eigenvalue weighted by Gasteiger charge is -2.32. The van der Waals surface area contributed by atoms with Crippen molar-refractivity contribution >= 4 is 17.4 Å². The number of carbonyl (C=O) groups is 1. The predicted molar refractivity (Wildman–Crippen MR) is 90.5 cm³/mol. The van der Waals surface area contributed by atoms with Crippen molar-refractivity contribution in [2.45, 2.75) is 32.2 Å². The van der Waals surface area contributed by atoms with Crippen molar-refractivity contribution in [3.8, 4) is 0 Å². The molecule has 124 valence electrons. The molecule has 0 aromatic carbocycles. The van der Waals surface area contributed by atoms with Gasteiger partial charge in [-0.3, -0.25) is 0 Å². The van der Waals surface area contributed by atoms with E-state index in [4.69, 9.17) is 0 Å². The Bertz CT molecular complexity index is 590. The van der Waals surface area contributed by atoms with Crippen LogP contribution < -0.4 is 5.32 Å². The topological polar surface area (TPSA) is 63.1 Å². The fourth-order valence-electron chi connectivity index (χ4n) is 2.96. The number of thiophene rings is 1. The summed E-state index contributed by atoms with van der Waals surface area (Å²) in [7, 11) is 0. The van der Waals surface area contributed by atoms with Crippen LogP contribution in [0, 0.1) is 5.92 Å². The maximum absolute atomic E-state index is 12.3. The average molecular weight is 333 g/mol. The summed E-state index contributed by atoms with van der Waals surface area (Å²) in [5, 5.41) is 9.36. The zero-order valence-corrected chi connectivity index (χ0v) is 14.2. The van der Waals surface area contributed by atoms with Crippen molar-refractivity contribution in [1.82, 2.24) is 25.0 Å². The Morgan fingerprint density at radius 1 is 1.48 bits per heavy atom. The zero-order valence-electron chi connectivity index (χ0n) is 13.4. The molecule has 3 heterocycles. The minimum atomic E-state index is 0.0556. The van der Waals surface area contributed by atoms with E-state index in [1.54, 1.807) is 24.0 Å². The zero-order chi connectivity index (χ0) is 16.1. The molecular formula is C16H23N5OS. The minimum absolute atomic E-state index is 0.0556. The Balaban J connectivity index is 1.39. The van der Waals surface area contributed by atoms with Crippen LogP contribution in [0.15, 0.2) is 30.2 Å². The Labute approximate surface area is 140 Å².